The summed E-state index contributed by atoms with van der Waals surface area (Å²) in [5.41, 5.74) is 2.56. The Hall–Kier alpha value is -1.59. The van der Waals surface area contributed by atoms with Gasteiger partial charge in [-0.1, -0.05) is 6.92 Å². The van der Waals surface area contributed by atoms with E-state index < -0.39 is 0 Å². The molecular weight excluding hydrogens is 304 g/mol. The van der Waals surface area contributed by atoms with Gasteiger partial charge in [0.1, 0.15) is 5.75 Å². The van der Waals surface area contributed by atoms with E-state index in [4.69, 9.17) is 14.2 Å². The molecular formula is C19H24N2O3. The molecule has 5 rings (SSSR count). The summed E-state index contributed by atoms with van der Waals surface area (Å²) in [7, 11) is 0. The number of hydrogen-bond donors (Lipinski definition) is 1. The van der Waals surface area contributed by atoms with Gasteiger partial charge >= 0.3 is 0 Å². The molecule has 1 aromatic heterocycles. The highest BCUT2D eigenvalue weighted by molar-refractivity contribution is 5.81. The Morgan fingerprint density at radius 2 is 2.08 bits per heavy atom. The Kier molecular flexibility index (Phi) is 3.19. The molecule has 0 radical (unpaired) electrons. The first kappa shape index (κ1) is 14.7. The fourth-order valence-electron chi connectivity index (χ4n) is 5.23. The van der Waals surface area contributed by atoms with Crippen molar-refractivity contribution in [1.29, 1.82) is 0 Å². The molecule has 0 bridgehead atoms. The number of aromatic nitrogens is 2. The van der Waals surface area contributed by atoms with Crippen molar-refractivity contribution >= 4 is 10.9 Å². The molecule has 24 heavy (non-hydrogen) atoms. The molecule has 2 aromatic rings. The molecule has 1 N–H and O–H groups in total. The van der Waals surface area contributed by atoms with Crippen molar-refractivity contribution < 1.29 is 14.2 Å². The van der Waals surface area contributed by atoms with Crippen molar-refractivity contribution in [2.24, 2.45) is 5.92 Å². The summed E-state index contributed by atoms with van der Waals surface area (Å²) >= 11 is 0. The number of H-pyrrole nitrogens is 1. The van der Waals surface area contributed by atoms with Crippen molar-refractivity contribution in [3.8, 4) is 5.75 Å². The maximum Gasteiger partial charge on any atom is 0.168 e. The molecule has 0 amide bonds. The van der Waals surface area contributed by atoms with Gasteiger partial charge in [0.15, 0.2) is 5.79 Å². The molecule has 2 aliphatic heterocycles. The zero-order chi connectivity index (χ0) is 16.2. The SMILES string of the molecule is CCC12CCC3(CC1CCOc1cc4[nH]ncc4cc12)OCCO3. The van der Waals surface area contributed by atoms with Crippen LogP contribution in [0.5, 0.6) is 5.75 Å². The maximum atomic E-state index is 6.17. The maximum absolute atomic E-state index is 6.17. The van der Waals surface area contributed by atoms with Crippen LogP contribution < -0.4 is 4.74 Å². The van der Waals surface area contributed by atoms with Crippen LogP contribution in [0.4, 0.5) is 0 Å². The second-order valence-electron chi connectivity index (χ2n) is 7.46. The molecule has 2 atom stereocenters. The second kappa shape index (κ2) is 5.20. The molecule has 1 aromatic carbocycles. The molecule has 1 aliphatic carbocycles. The van der Waals surface area contributed by atoms with Gasteiger partial charge in [-0.15, -0.1) is 0 Å². The van der Waals surface area contributed by atoms with E-state index in [1.165, 1.54) is 10.9 Å². The van der Waals surface area contributed by atoms with Crippen LogP contribution in [0, 0.1) is 5.92 Å². The summed E-state index contributed by atoms with van der Waals surface area (Å²) < 4.78 is 18.2. The summed E-state index contributed by atoms with van der Waals surface area (Å²) in [6.45, 7) is 4.54. The van der Waals surface area contributed by atoms with Crippen molar-refractivity contribution in [2.45, 2.75) is 50.2 Å². The quantitative estimate of drug-likeness (QED) is 0.870. The monoisotopic (exact) mass is 328 g/mol. The minimum Gasteiger partial charge on any atom is -0.493 e. The van der Waals surface area contributed by atoms with Gasteiger partial charge in [0.05, 0.1) is 31.5 Å². The second-order valence-corrected chi connectivity index (χ2v) is 7.46. The van der Waals surface area contributed by atoms with Crippen molar-refractivity contribution in [3.63, 3.8) is 0 Å². The van der Waals surface area contributed by atoms with E-state index in [0.717, 1.165) is 63.2 Å². The van der Waals surface area contributed by atoms with E-state index in [1.807, 2.05) is 6.20 Å². The molecule has 2 unspecified atom stereocenters. The lowest BCUT2D eigenvalue weighted by molar-refractivity contribution is -0.199. The van der Waals surface area contributed by atoms with Crippen molar-refractivity contribution in [3.05, 3.63) is 23.9 Å². The third-order valence-corrected chi connectivity index (χ3v) is 6.54. The van der Waals surface area contributed by atoms with Crippen LogP contribution in [0.3, 0.4) is 0 Å². The van der Waals surface area contributed by atoms with Crippen LogP contribution in [0.25, 0.3) is 10.9 Å². The van der Waals surface area contributed by atoms with E-state index in [9.17, 15) is 0 Å². The van der Waals surface area contributed by atoms with Gasteiger partial charge in [-0.3, -0.25) is 5.10 Å². The number of aromatic amines is 1. The summed E-state index contributed by atoms with van der Waals surface area (Å²) in [4.78, 5) is 0. The number of nitrogens with zero attached hydrogens (tertiary/aromatic N) is 1. The number of rotatable bonds is 1. The van der Waals surface area contributed by atoms with Crippen LogP contribution in [-0.2, 0) is 14.9 Å². The van der Waals surface area contributed by atoms with E-state index in [1.54, 1.807) is 0 Å². The van der Waals surface area contributed by atoms with Crippen LogP contribution in [0.1, 0.15) is 44.6 Å². The molecule has 1 saturated carbocycles. The average Bonchev–Trinajstić information content (AvgIpc) is 3.21. The lowest BCUT2D eigenvalue weighted by Gasteiger charge is -2.49. The van der Waals surface area contributed by atoms with Gasteiger partial charge in [-0.2, -0.15) is 5.10 Å². The van der Waals surface area contributed by atoms with Crippen LogP contribution in [-0.4, -0.2) is 35.8 Å². The molecule has 1 saturated heterocycles. The Balaban J connectivity index is 1.63. The highest BCUT2D eigenvalue weighted by Crippen LogP contribution is 2.56. The van der Waals surface area contributed by atoms with Crippen molar-refractivity contribution in [1.82, 2.24) is 10.2 Å². The predicted octanol–water partition coefficient (Wildman–Crippen LogP) is 3.54. The van der Waals surface area contributed by atoms with Gasteiger partial charge in [0, 0.05) is 35.3 Å². The number of fused-ring (bicyclic) bond motifs is 4. The lowest BCUT2D eigenvalue weighted by Crippen LogP contribution is -2.48. The van der Waals surface area contributed by atoms with Gasteiger partial charge in [0.2, 0.25) is 0 Å². The number of hydrogen-bond acceptors (Lipinski definition) is 4. The molecule has 3 aliphatic rings. The minimum absolute atomic E-state index is 0.151. The predicted molar refractivity (Wildman–Crippen MR) is 90.2 cm³/mol. The largest absolute Gasteiger partial charge is 0.493 e. The first-order valence-corrected chi connectivity index (χ1v) is 9.13. The van der Waals surface area contributed by atoms with Crippen LogP contribution >= 0.6 is 0 Å². The third kappa shape index (κ3) is 1.97. The molecule has 3 heterocycles. The Morgan fingerprint density at radius 3 is 2.92 bits per heavy atom. The van der Waals surface area contributed by atoms with Gasteiger partial charge in [-0.25, -0.2) is 0 Å². The average molecular weight is 328 g/mol. The Morgan fingerprint density at radius 1 is 1.21 bits per heavy atom. The fraction of sp³-hybridized carbons (Fsp3) is 0.632. The first-order chi connectivity index (χ1) is 11.7. The summed E-state index contributed by atoms with van der Waals surface area (Å²) in [5.74, 6) is 1.22. The van der Waals surface area contributed by atoms with E-state index >= 15 is 0 Å². The van der Waals surface area contributed by atoms with E-state index in [-0.39, 0.29) is 11.2 Å². The van der Waals surface area contributed by atoms with Crippen LogP contribution in [0.15, 0.2) is 18.3 Å². The molecule has 5 heteroatoms. The molecule has 2 fully saturated rings. The lowest BCUT2D eigenvalue weighted by atomic mass is 9.59. The smallest absolute Gasteiger partial charge is 0.168 e. The summed E-state index contributed by atoms with van der Waals surface area (Å²) in [6, 6.07) is 4.43. The van der Waals surface area contributed by atoms with Gasteiger partial charge in [-0.05, 0) is 31.2 Å². The van der Waals surface area contributed by atoms with Gasteiger partial charge in [0.25, 0.3) is 0 Å². The topological polar surface area (TPSA) is 56.4 Å². The first-order valence-electron chi connectivity index (χ1n) is 9.13. The minimum atomic E-state index is -0.340. The Bertz CT molecular complexity index is 765. The van der Waals surface area contributed by atoms with Crippen LogP contribution in [0.2, 0.25) is 0 Å². The highest BCUT2D eigenvalue weighted by atomic mass is 16.7. The third-order valence-electron chi connectivity index (χ3n) is 6.54. The van der Waals surface area contributed by atoms with Gasteiger partial charge < -0.3 is 14.2 Å². The number of ether oxygens (including phenoxy) is 3. The van der Waals surface area contributed by atoms with Crippen molar-refractivity contribution in [2.75, 3.05) is 19.8 Å². The molecule has 128 valence electrons. The fourth-order valence-corrected chi connectivity index (χ4v) is 5.23. The zero-order valence-electron chi connectivity index (χ0n) is 14.1. The van der Waals surface area contributed by atoms with E-state index in [0.29, 0.717) is 5.92 Å². The number of nitrogens with one attached hydrogen (secondary N) is 1. The Labute approximate surface area is 141 Å². The standard InChI is InChI=1S/C19H24N2O3/c1-2-18-4-5-19(23-7-8-24-19)11-14(18)3-6-22-17-10-16-13(9-15(17)18)12-20-21-16/h9-10,12,14H,2-8,11H2,1H3,(H,20,21). The zero-order valence-corrected chi connectivity index (χ0v) is 14.1. The molecule has 1 spiro atoms. The number of benzene rings is 1. The highest BCUT2D eigenvalue weighted by Gasteiger charge is 2.53. The molecule has 5 nitrogen and oxygen atoms in total. The van der Waals surface area contributed by atoms with E-state index in [2.05, 4.69) is 29.3 Å². The summed E-state index contributed by atoms with van der Waals surface area (Å²) in [6.07, 6.45) is 7.13. The summed E-state index contributed by atoms with van der Waals surface area (Å²) in [5, 5.41) is 8.41. The normalized spacial score (nSPS) is 31.5.